The van der Waals surface area contributed by atoms with E-state index < -0.39 is 20.4 Å². The molecule has 3 rings (SSSR count). The topological polar surface area (TPSA) is 97.6 Å². The molecule has 0 atom stereocenters. The van der Waals surface area contributed by atoms with E-state index in [1.54, 1.807) is 11.0 Å². The summed E-state index contributed by atoms with van der Waals surface area (Å²) in [5.74, 6) is -0.0601. The van der Waals surface area contributed by atoms with Gasteiger partial charge in [-0.25, -0.2) is 8.42 Å². The van der Waals surface area contributed by atoms with E-state index in [1.165, 1.54) is 12.1 Å². The van der Waals surface area contributed by atoms with E-state index in [1.807, 2.05) is 31.2 Å². The van der Waals surface area contributed by atoms with Crippen molar-refractivity contribution in [1.82, 2.24) is 0 Å². The first-order chi connectivity index (χ1) is 13.2. The van der Waals surface area contributed by atoms with Crippen molar-refractivity contribution in [2.45, 2.75) is 24.7 Å². The third kappa shape index (κ3) is 4.06. The van der Waals surface area contributed by atoms with E-state index in [2.05, 4.69) is 0 Å². The normalized spacial score (nSPS) is 15.4. The summed E-state index contributed by atoms with van der Waals surface area (Å²) < 4.78 is 23.9. The van der Waals surface area contributed by atoms with Crippen LogP contribution in [0.5, 0.6) is 0 Å². The number of ketones is 1. The number of nitro groups is 1. The molecule has 28 heavy (non-hydrogen) atoms. The average molecular weight is 402 g/mol. The Balaban J connectivity index is 1.81. The molecule has 0 amide bonds. The van der Waals surface area contributed by atoms with Crippen molar-refractivity contribution in [2.24, 2.45) is 5.92 Å². The van der Waals surface area contributed by atoms with Gasteiger partial charge in [-0.1, -0.05) is 35.9 Å². The number of benzene rings is 2. The number of piperidine rings is 1. The minimum absolute atomic E-state index is 0.0824. The highest BCUT2D eigenvalue weighted by molar-refractivity contribution is 7.90. The molecule has 1 heterocycles. The van der Waals surface area contributed by atoms with Crippen LogP contribution in [0.2, 0.25) is 0 Å². The van der Waals surface area contributed by atoms with Crippen LogP contribution in [0.3, 0.4) is 0 Å². The largest absolute Gasteiger partial charge is 0.366 e. The molecule has 148 valence electrons. The summed E-state index contributed by atoms with van der Waals surface area (Å²) in [6, 6.07) is 11.8. The lowest BCUT2D eigenvalue weighted by Gasteiger charge is -2.32. The van der Waals surface area contributed by atoms with Crippen LogP contribution in [0.1, 0.15) is 28.8 Å². The number of Topliss-reactive ketones (excluding diaryl/α,β-unsaturated/α-hetero) is 1. The Bertz CT molecular complexity index is 1010. The zero-order chi connectivity index (χ0) is 20.5. The van der Waals surface area contributed by atoms with Gasteiger partial charge in [0.05, 0.1) is 4.92 Å². The summed E-state index contributed by atoms with van der Waals surface area (Å²) in [6.45, 7) is 2.87. The summed E-state index contributed by atoms with van der Waals surface area (Å²) >= 11 is 0. The van der Waals surface area contributed by atoms with Gasteiger partial charge in [-0.15, -0.1) is 0 Å². The van der Waals surface area contributed by atoms with E-state index in [9.17, 15) is 23.3 Å². The number of nitrogens with zero attached hydrogens (tertiary/aromatic N) is 2. The third-order valence-corrected chi connectivity index (χ3v) is 6.23. The summed E-state index contributed by atoms with van der Waals surface area (Å²) in [5.41, 5.74) is 1.65. The molecule has 7 nitrogen and oxygen atoms in total. The minimum atomic E-state index is -3.73. The molecule has 2 aromatic rings. The first-order valence-electron chi connectivity index (χ1n) is 9.02. The maximum Gasteiger partial charge on any atom is 0.311 e. The average Bonchev–Trinajstić information content (AvgIpc) is 2.67. The zero-order valence-corrected chi connectivity index (χ0v) is 16.6. The lowest BCUT2D eigenvalue weighted by atomic mass is 9.88. The number of para-hydroxylation sites is 1. The second-order valence-corrected chi connectivity index (χ2v) is 9.13. The van der Waals surface area contributed by atoms with Crippen LogP contribution < -0.4 is 4.90 Å². The van der Waals surface area contributed by atoms with Gasteiger partial charge in [0, 0.05) is 30.8 Å². The predicted octanol–water partition coefficient (Wildman–Crippen LogP) is 3.41. The van der Waals surface area contributed by atoms with Crippen molar-refractivity contribution < 1.29 is 18.1 Å². The van der Waals surface area contributed by atoms with E-state index in [-0.39, 0.29) is 22.3 Å². The molecule has 0 N–H and O–H groups in total. The Morgan fingerprint density at radius 2 is 1.71 bits per heavy atom. The molecule has 1 fully saturated rings. The molecule has 8 heteroatoms. The maximum atomic E-state index is 12.7. The highest BCUT2D eigenvalue weighted by atomic mass is 32.2. The standard InChI is InChI=1S/C20H22N2O5S/c1-14-6-8-15(9-7-14)20(23)16-10-12-21(13-11-16)17-4-3-5-18(28(2,26)27)19(17)22(24)25/h3-9,16H,10-13H2,1-2H3. The van der Waals surface area contributed by atoms with E-state index in [0.29, 0.717) is 31.5 Å². The first-order valence-corrected chi connectivity index (χ1v) is 10.9. The summed E-state index contributed by atoms with van der Waals surface area (Å²) in [4.78, 5) is 25.2. The Kier molecular flexibility index (Phi) is 5.51. The van der Waals surface area contributed by atoms with Gasteiger partial charge in [0.2, 0.25) is 0 Å². The smallest absolute Gasteiger partial charge is 0.311 e. The SMILES string of the molecule is Cc1ccc(C(=O)C2CCN(c3cccc(S(C)(=O)=O)c3[N+](=O)[O-])CC2)cc1. The lowest BCUT2D eigenvalue weighted by molar-refractivity contribution is -0.387. The Hall–Kier alpha value is -2.74. The van der Waals surface area contributed by atoms with Gasteiger partial charge in [0.1, 0.15) is 10.6 Å². The fourth-order valence-corrected chi connectivity index (χ4v) is 4.44. The third-order valence-electron chi connectivity index (χ3n) is 5.10. The number of hydrogen-bond donors (Lipinski definition) is 0. The van der Waals surface area contributed by atoms with Crippen LogP contribution in [0, 0.1) is 23.0 Å². The molecule has 1 aliphatic heterocycles. The van der Waals surface area contributed by atoms with Crippen molar-refractivity contribution in [1.29, 1.82) is 0 Å². The van der Waals surface area contributed by atoms with Gasteiger partial charge in [-0.05, 0) is 31.9 Å². The number of carbonyl (C=O) groups is 1. The second kappa shape index (κ2) is 7.71. The number of sulfone groups is 1. The lowest BCUT2D eigenvalue weighted by Crippen LogP contribution is -2.36. The fraction of sp³-hybridized carbons (Fsp3) is 0.350. The Morgan fingerprint density at radius 3 is 2.25 bits per heavy atom. The number of hydrogen-bond acceptors (Lipinski definition) is 6. The van der Waals surface area contributed by atoms with E-state index >= 15 is 0 Å². The molecule has 1 saturated heterocycles. The van der Waals surface area contributed by atoms with Crippen LogP contribution in [0.25, 0.3) is 0 Å². The highest BCUT2D eigenvalue weighted by Gasteiger charge is 2.32. The van der Waals surface area contributed by atoms with Crippen LogP contribution in [0.15, 0.2) is 47.4 Å². The summed E-state index contributed by atoms with van der Waals surface area (Å²) in [6.07, 6.45) is 2.09. The summed E-state index contributed by atoms with van der Waals surface area (Å²) in [5, 5.41) is 11.6. The molecule has 0 bridgehead atoms. The van der Waals surface area contributed by atoms with Crippen molar-refractivity contribution in [2.75, 3.05) is 24.2 Å². The molecular formula is C20H22N2O5S. The number of carbonyl (C=O) groups excluding carboxylic acids is 1. The van der Waals surface area contributed by atoms with Gasteiger partial charge in [0.25, 0.3) is 0 Å². The van der Waals surface area contributed by atoms with Gasteiger partial charge >= 0.3 is 5.69 Å². The molecule has 0 aromatic heterocycles. The number of anilines is 1. The van der Waals surface area contributed by atoms with Crippen molar-refractivity contribution >= 4 is 27.0 Å². The van der Waals surface area contributed by atoms with Crippen molar-refractivity contribution in [3.63, 3.8) is 0 Å². The maximum absolute atomic E-state index is 12.7. The van der Waals surface area contributed by atoms with Crippen LogP contribution in [-0.4, -0.2) is 38.5 Å². The number of nitro benzene ring substituents is 1. The van der Waals surface area contributed by atoms with Crippen molar-refractivity contribution in [3.05, 3.63) is 63.7 Å². The van der Waals surface area contributed by atoms with Crippen LogP contribution in [0.4, 0.5) is 11.4 Å². The van der Waals surface area contributed by atoms with E-state index in [4.69, 9.17) is 0 Å². The minimum Gasteiger partial charge on any atom is -0.366 e. The monoisotopic (exact) mass is 402 g/mol. The van der Waals surface area contributed by atoms with Gasteiger partial charge in [-0.2, -0.15) is 0 Å². The second-order valence-electron chi connectivity index (χ2n) is 7.14. The molecule has 0 aliphatic carbocycles. The van der Waals surface area contributed by atoms with Crippen molar-refractivity contribution in [3.8, 4) is 0 Å². The Morgan fingerprint density at radius 1 is 1.11 bits per heavy atom. The zero-order valence-electron chi connectivity index (χ0n) is 15.8. The van der Waals surface area contributed by atoms with Crippen LogP contribution in [-0.2, 0) is 9.84 Å². The number of aryl methyl sites for hydroxylation is 1. The van der Waals surface area contributed by atoms with E-state index in [0.717, 1.165) is 11.8 Å². The Labute approximate surface area is 164 Å². The summed E-state index contributed by atoms with van der Waals surface area (Å²) in [7, 11) is -3.73. The molecule has 0 saturated carbocycles. The molecule has 2 aromatic carbocycles. The van der Waals surface area contributed by atoms with Crippen LogP contribution >= 0.6 is 0 Å². The quantitative estimate of drug-likeness (QED) is 0.432. The first kappa shape index (κ1) is 20.0. The number of rotatable bonds is 5. The molecule has 0 radical (unpaired) electrons. The predicted molar refractivity (Wildman–Crippen MR) is 107 cm³/mol. The molecular weight excluding hydrogens is 380 g/mol. The molecule has 0 unspecified atom stereocenters. The highest BCUT2D eigenvalue weighted by Crippen LogP contribution is 2.36. The van der Waals surface area contributed by atoms with Gasteiger partial charge in [-0.3, -0.25) is 14.9 Å². The molecule has 1 aliphatic rings. The fourth-order valence-electron chi connectivity index (χ4n) is 3.58. The van der Waals surface area contributed by atoms with Gasteiger partial charge in [0.15, 0.2) is 15.6 Å². The molecule has 0 spiro atoms. The van der Waals surface area contributed by atoms with Gasteiger partial charge < -0.3 is 4.90 Å².